The molecule has 10 heteroatoms. The summed E-state index contributed by atoms with van der Waals surface area (Å²) in [5.74, 6) is -0.287. The average molecular weight is 401 g/mol. The van der Waals surface area contributed by atoms with Gasteiger partial charge in [-0.1, -0.05) is 11.6 Å². The molecule has 2 aromatic rings. The molecule has 2 N–H and O–H groups in total. The lowest BCUT2D eigenvalue weighted by atomic mass is 9.97. The molecule has 0 spiro atoms. The molecule has 3 rings (SSSR count). The molecule has 1 saturated heterocycles. The van der Waals surface area contributed by atoms with Crippen molar-refractivity contribution in [2.45, 2.75) is 12.8 Å². The molecule has 8 nitrogen and oxygen atoms in total. The van der Waals surface area contributed by atoms with Gasteiger partial charge in [0.15, 0.2) is 5.58 Å². The van der Waals surface area contributed by atoms with Crippen LogP contribution in [0.2, 0.25) is 5.02 Å². The fourth-order valence-electron chi connectivity index (χ4n) is 2.96. The van der Waals surface area contributed by atoms with Crippen LogP contribution in [-0.4, -0.2) is 51.7 Å². The van der Waals surface area contributed by atoms with Crippen LogP contribution in [0.1, 0.15) is 12.8 Å². The van der Waals surface area contributed by atoms with E-state index in [1.165, 1.54) is 0 Å². The van der Waals surface area contributed by atoms with E-state index in [0.717, 1.165) is 25.6 Å². The Labute approximate surface area is 156 Å². The van der Waals surface area contributed by atoms with Crippen LogP contribution >= 0.6 is 11.6 Å². The third-order valence-corrected chi connectivity index (χ3v) is 5.15. The Morgan fingerprint density at radius 2 is 2.23 bits per heavy atom. The Bertz CT molecular complexity index is 899. The Balaban J connectivity index is 1.58. The van der Waals surface area contributed by atoms with E-state index >= 15 is 0 Å². The zero-order valence-electron chi connectivity index (χ0n) is 14.4. The van der Waals surface area contributed by atoms with Gasteiger partial charge >= 0.3 is 0 Å². The first-order valence-corrected chi connectivity index (χ1v) is 10.6. The molecule has 1 fully saturated rings. The fraction of sp³-hybridized carbons (Fsp3) is 0.500. The summed E-state index contributed by atoms with van der Waals surface area (Å²) in [4.78, 5) is 18.7. The molecule has 2 heterocycles. The molecule has 1 unspecified atom stereocenters. The van der Waals surface area contributed by atoms with Crippen molar-refractivity contribution in [1.82, 2.24) is 15.0 Å². The summed E-state index contributed by atoms with van der Waals surface area (Å²) >= 11 is 5.98. The van der Waals surface area contributed by atoms with Gasteiger partial charge in [-0.15, -0.1) is 0 Å². The maximum atomic E-state index is 12.3. The van der Waals surface area contributed by atoms with E-state index in [4.69, 9.17) is 16.0 Å². The first-order valence-electron chi connectivity index (χ1n) is 8.35. The zero-order chi connectivity index (χ0) is 18.7. The van der Waals surface area contributed by atoms with Crippen LogP contribution in [0, 0.1) is 5.92 Å². The molecule has 1 aliphatic rings. The number of fused-ring (bicyclic) bond motifs is 1. The van der Waals surface area contributed by atoms with E-state index in [2.05, 4.69) is 15.0 Å². The minimum Gasteiger partial charge on any atom is -0.423 e. The number of sulfonamides is 1. The van der Waals surface area contributed by atoms with Crippen molar-refractivity contribution in [3.8, 4) is 0 Å². The average Bonchev–Trinajstić information content (AvgIpc) is 3.01. The zero-order valence-corrected chi connectivity index (χ0v) is 15.9. The Kier molecular flexibility index (Phi) is 5.69. The molecule has 1 atom stereocenters. The maximum absolute atomic E-state index is 12.3. The number of carbonyl (C=O) groups excluding carboxylic acids is 1. The summed E-state index contributed by atoms with van der Waals surface area (Å²) in [6.45, 7) is 1.70. The number of piperidine rings is 1. The maximum Gasteiger partial charge on any atom is 0.298 e. The van der Waals surface area contributed by atoms with Gasteiger partial charge in [-0.25, -0.2) is 13.1 Å². The molecule has 1 aromatic carbocycles. The predicted octanol–water partition coefficient (Wildman–Crippen LogP) is 1.36. The van der Waals surface area contributed by atoms with Gasteiger partial charge in [-0.05, 0) is 31.0 Å². The lowest BCUT2D eigenvalue weighted by Gasteiger charge is -2.30. The number of halogens is 1. The van der Waals surface area contributed by atoms with Gasteiger partial charge in [0.1, 0.15) is 5.52 Å². The van der Waals surface area contributed by atoms with E-state index in [9.17, 15) is 13.2 Å². The van der Waals surface area contributed by atoms with Crippen LogP contribution in [0.3, 0.4) is 0 Å². The number of hydrogen-bond acceptors (Lipinski definition) is 6. The molecule has 0 saturated carbocycles. The second kappa shape index (κ2) is 7.81. The minimum absolute atomic E-state index is 0.0934. The van der Waals surface area contributed by atoms with Crippen molar-refractivity contribution < 1.29 is 17.6 Å². The molecule has 0 bridgehead atoms. The van der Waals surface area contributed by atoms with Crippen LogP contribution in [-0.2, 0) is 14.8 Å². The number of hydrogen-bond donors (Lipinski definition) is 2. The van der Waals surface area contributed by atoms with Crippen molar-refractivity contribution >= 4 is 44.6 Å². The van der Waals surface area contributed by atoms with Gasteiger partial charge in [0, 0.05) is 31.2 Å². The number of carbonyl (C=O) groups is 1. The third kappa shape index (κ3) is 4.87. The summed E-state index contributed by atoms with van der Waals surface area (Å²) in [5, 5.41) is 3.36. The monoisotopic (exact) mass is 400 g/mol. The summed E-state index contributed by atoms with van der Waals surface area (Å²) in [5.41, 5.74) is 1.34. The lowest BCUT2D eigenvalue weighted by molar-refractivity contribution is -0.125. The largest absolute Gasteiger partial charge is 0.423 e. The minimum atomic E-state index is -3.25. The summed E-state index contributed by atoms with van der Waals surface area (Å²) in [7, 11) is -3.25. The van der Waals surface area contributed by atoms with E-state index < -0.39 is 10.0 Å². The molecular weight excluding hydrogens is 380 g/mol. The smallest absolute Gasteiger partial charge is 0.298 e. The SMILES string of the molecule is CS(=O)(=O)NCCNC(=O)C1CCCN(c2nc3cc(Cl)ccc3o2)C1. The second-order valence-corrected chi connectivity index (χ2v) is 8.62. The molecule has 1 amide bonds. The molecule has 1 aromatic heterocycles. The van der Waals surface area contributed by atoms with E-state index in [1.807, 2.05) is 4.90 Å². The molecule has 26 heavy (non-hydrogen) atoms. The number of amides is 1. The van der Waals surface area contributed by atoms with Crippen molar-refractivity contribution in [3.63, 3.8) is 0 Å². The highest BCUT2D eigenvalue weighted by molar-refractivity contribution is 7.88. The number of rotatable bonds is 6. The topological polar surface area (TPSA) is 105 Å². The van der Waals surface area contributed by atoms with Gasteiger partial charge in [-0.3, -0.25) is 4.79 Å². The Morgan fingerprint density at radius 3 is 3.00 bits per heavy atom. The summed E-state index contributed by atoms with van der Waals surface area (Å²) < 4.78 is 30.2. The Morgan fingerprint density at radius 1 is 1.42 bits per heavy atom. The van der Waals surface area contributed by atoms with Crippen LogP contribution in [0.5, 0.6) is 0 Å². The lowest BCUT2D eigenvalue weighted by Crippen LogP contribution is -2.44. The number of anilines is 1. The van der Waals surface area contributed by atoms with Gasteiger partial charge in [0.25, 0.3) is 6.01 Å². The highest BCUT2D eigenvalue weighted by Gasteiger charge is 2.28. The van der Waals surface area contributed by atoms with Gasteiger partial charge in [-0.2, -0.15) is 4.98 Å². The van der Waals surface area contributed by atoms with Crippen molar-refractivity contribution in [1.29, 1.82) is 0 Å². The molecule has 142 valence electrons. The third-order valence-electron chi connectivity index (χ3n) is 4.19. The van der Waals surface area contributed by atoms with Crippen molar-refractivity contribution in [2.75, 3.05) is 37.3 Å². The second-order valence-electron chi connectivity index (χ2n) is 6.35. The number of benzene rings is 1. The first-order chi connectivity index (χ1) is 12.3. The molecule has 0 radical (unpaired) electrons. The number of aromatic nitrogens is 1. The highest BCUT2D eigenvalue weighted by Crippen LogP contribution is 2.27. The van der Waals surface area contributed by atoms with Crippen LogP contribution in [0.15, 0.2) is 22.6 Å². The van der Waals surface area contributed by atoms with Crippen molar-refractivity contribution in [2.24, 2.45) is 5.92 Å². The van der Waals surface area contributed by atoms with E-state index in [-0.39, 0.29) is 24.9 Å². The van der Waals surface area contributed by atoms with Gasteiger partial charge in [0.2, 0.25) is 15.9 Å². The van der Waals surface area contributed by atoms with Crippen LogP contribution in [0.4, 0.5) is 6.01 Å². The Hall–Kier alpha value is -1.84. The molecular formula is C16H21ClN4O4S. The van der Waals surface area contributed by atoms with Gasteiger partial charge < -0.3 is 14.6 Å². The van der Waals surface area contributed by atoms with Crippen LogP contribution < -0.4 is 14.9 Å². The summed E-state index contributed by atoms with van der Waals surface area (Å²) in [6.07, 6.45) is 2.70. The molecule has 1 aliphatic heterocycles. The quantitative estimate of drug-likeness (QED) is 0.709. The van der Waals surface area contributed by atoms with Crippen molar-refractivity contribution in [3.05, 3.63) is 23.2 Å². The summed E-state index contributed by atoms with van der Waals surface area (Å²) in [6, 6.07) is 5.75. The normalized spacial score (nSPS) is 18.2. The van der Waals surface area contributed by atoms with E-state index in [0.29, 0.717) is 28.7 Å². The number of oxazole rings is 1. The van der Waals surface area contributed by atoms with Crippen LogP contribution in [0.25, 0.3) is 11.1 Å². The number of nitrogens with zero attached hydrogens (tertiary/aromatic N) is 2. The van der Waals surface area contributed by atoms with E-state index in [1.54, 1.807) is 18.2 Å². The first kappa shape index (κ1) is 18.9. The predicted molar refractivity (Wildman–Crippen MR) is 99.8 cm³/mol. The highest BCUT2D eigenvalue weighted by atomic mass is 35.5. The molecule has 0 aliphatic carbocycles. The van der Waals surface area contributed by atoms with Gasteiger partial charge in [0.05, 0.1) is 12.2 Å². The standard InChI is InChI=1S/C16H21ClN4O4S/c1-26(23,24)19-7-6-18-15(22)11-3-2-8-21(10-11)16-20-13-9-12(17)4-5-14(13)25-16/h4-5,9,11,19H,2-3,6-8,10H2,1H3,(H,18,22). The fourth-order valence-corrected chi connectivity index (χ4v) is 3.59. The number of nitrogens with one attached hydrogen (secondary N) is 2.